The molecule has 3 rings (SSSR count). The first-order valence-electron chi connectivity index (χ1n) is 7.39. The largest absolute Gasteiger partial charge is 0.354 e. The second-order valence-electron chi connectivity index (χ2n) is 5.89. The third kappa shape index (κ3) is 3.00. The molecule has 1 heterocycles. The molecule has 1 unspecified atom stereocenters. The zero-order chi connectivity index (χ0) is 13.2. The summed E-state index contributed by atoms with van der Waals surface area (Å²) in [4.78, 5) is 11.9. The number of nitrogens with one attached hydrogen (secondary N) is 2. The number of nitrogens with zero attached hydrogens (tertiary/aromatic N) is 1. The summed E-state index contributed by atoms with van der Waals surface area (Å²) in [5.41, 5.74) is 2.78. The van der Waals surface area contributed by atoms with E-state index >= 15 is 0 Å². The lowest BCUT2D eigenvalue weighted by atomic mass is 9.91. The number of amides is 1. The van der Waals surface area contributed by atoms with Crippen LogP contribution in [0.1, 0.15) is 42.9 Å². The van der Waals surface area contributed by atoms with Crippen molar-refractivity contribution in [2.45, 2.75) is 44.7 Å². The fourth-order valence-electron chi connectivity index (χ4n) is 2.94. The quantitative estimate of drug-likeness (QED) is 0.846. The number of fused-ring (bicyclic) bond motifs is 1. The van der Waals surface area contributed by atoms with Gasteiger partial charge in [0.2, 0.25) is 5.91 Å². The van der Waals surface area contributed by atoms with E-state index in [0.717, 1.165) is 18.9 Å². The summed E-state index contributed by atoms with van der Waals surface area (Å²) in [5, 5.41) is 6.38. The highest BCUT2D eigenvalue weighted by Crippen LogP contribution is 2.30. The van der Waals surface area contributed by atoms with Gasteiger partial charge in [-0.15, -0.1) is 0 Å². The van der Waals surface area contributed by atoms with Gasteiger partial charge >= 0.3 is 0 Å². The molecular formula is C15H23N3O. The Morgan fingerprint density at radius 2 is 2.21 bits per heavy atom. The van der Waals surface area contributed by atoms with Gasteiger partial charge in [-0.25, -0.2) is 0 Å². The molecule has 19 heavy (non-hydrogen) atoms. The monoisotopic (exact) mass is 261 g/mol. The van der Waals surface area contributed by atoms with Crippen LogP contribution in [0.25, 0.3) is 0 Å². The zero-order valence-electron chi connectivity index (χ0n) is 11.6. The highest BCUT2D eigenvalue weighted by Gasteiger charge is 2.23. The average molecular weight is 261 g/mol. The molecule has 1 saturated carbocycles. The number of aryl methyl sites for hydroxylation is 1. The van der Waals surface area contributed by atoms with Gasteiger partial charge in [0.05, 0.1) is 0 Å². The van der Waals surface area contributed by atoms with Gasteiger partial charge in [-0.3, -0.25) is 4.79 Å². The van der Waals surface area contributed by atoms with E-state index in [0.29, 0.717) is 12.6 Å². The molecule has 0 radical (unpaired) electrons. The van der Waals surface area contributed by atoms with E-state index in [-0.39, 0.29) is 5.91 Å². The molecule has 1 aromatic heterocycles. The molecule has 1 amide bonds. The number of rotatable bonds is 5. The summed E-state index contributed by atoms with van der Waals surface area (Å²) < 4.78 is 2.04. The van der Waals surface area contributed by atoms with Crippen LogP contribution in [0.15, 0.2) is 12.4 Å². The van der Waals surface area contributed by atoms with Gasteiger partial charge in [-0.1, -0.05) is 0 Å². The molecule has 4 nitrogen and oxygen atoms in total. The molecule has 2 aliphatic rings. The molecule has 1 fully saturated rings. The Morgan fingerprint density at radius 1 is 1.37 bits per heavy atom. The van der Waals surface area contributed by atoms with Crippen LogP contribution in [0.4, 0.5) is 0 Å². The summed E-state index contributed by atoms with van der Waals surface area (Å²) in [7, 11) is 2.01. The summed E-state index contributed by atoms with van der Waals surface area (Å²) in [5.74, 6) is 0.885. The second-order valence-corrected chi connectivity index (χ2v) is 5.89. The molecule has 104 valence electrons. The number of hydrogen-bond donors (Lipinski definition) is 2. The molecule has 0 spiro atoms. The van der Waals surface area contributed by atoms with Crippen LogP contribution in [0, 0.1) is 5.92 Å². The number of aromatic nitrogens is 1. The summed E-state index contributed by atoms with van der Waals surface area (Å²) in [6, 6.07) is 0.458. The Bertz CT molecular complexity index is 462. The van der Waals surface area contributed by atoms with Gasteiger partial charge in [0.25, 0.3) is 0 Å². The summed E-state index contributed by atoms with van der Waals surface area (Å²) >= 11 is 0. The smallest absolute Gasteiger partial charge is 0.239 e. The molecule has 4 heteroatoms. The first-order chi connectivity index (χ1) is 9.26. The van der Waals surface area contributed by atoms with Gasteiger partial charge in [0, 0.05) is 25.0 Å². The highest BCUT2D eigenvalue weighted by molar-refractivity contribution is 5.75. The maximum Gasteiger partial charge on any atom is 0.239 e. The van der Waals surface area contributed by atoms with Crippen molar-refractivity contribution in [3.05, 3.63) is 23.5 Å². The van der Waals surface area contributed by atoms with Crippen molar-refractivity contribution in [2.75, 3.05) is 13.6 Å². The van der Waals surface area contributed by atoms with Crippen LogP contribution in [-0.2, 0) is 17.8 Å². The maximum absolute atomic E-state index is 11.9. The fourth-order valence-corrected chi connectivity index (χ4v) is 2.94. The fraction of sp³-hybridized carbons (Fsp3) is 0.667. The van der Waals surface area contributed by atoms with E-state index in [2.05, 4.69) is 23.0 Å². The minimum absolute atomic E-state index is 0.139. The van der Waals surface area contributed by atoms with E-state index < -0.39 is 0 Å². The second kappa shape index (κ2) is 5.37. The SMILES string of the molecule is CNC1CCCc2cn(CC(=O)NCC3CC3)cc21. The van der Waals surface area contributed by atoms with Crippen LogP contribution in [0.2, 0.25) is 0 Å². The van der Waals surface area contributed by atoms with Crippen molar-refractivity contribution in [1.29, 1.82) is 0 Å². The van der Waals surface area contributed by atoms with Gasteiger partial charge in [0.15, 0.2) is 0 Å². The lowest BCUT2D eigenvalue weighted by Crippen LogP contribution is -2.28. The van der Waals surface area contributed by atoms with Gasteiger partial charge in [0.1, 0.15) is 6.54 Å². The van der Waals surface area contributed by atoms with Gasteiger partial charge < -0.3 is 15.2 Å². The van der Waals surface area contributed by atoms with Crippen molar-refractivity contribution in [3.63, 3.8) is 0 Å². The predicted octanol–water partition coefficient (Wildman–Crippen LogP) is 1.61. The van der Waals surface area contributed by atoms with Crippen LogP contribution in [0.3, 0.4) is 0 Å². The van der Waals surface area contributed by atoms with E-state index in [1.165, 1.54) is 36.8 Å². The van der Waals surface area contributed by atoms with Crippen molar-refractivity contribution in [3.8, 4) is 0 Å². The van der Waals surface area contributed by atoms with Gasteiger partial charge in [-0.2, -0.15) is 0 Å². The number of hydrogen-bond acceptors (Lipinski definition) is 2. The van der Waals surface area contributed by atoms with Gasteiger partial charge in [-0.05, 0) is 56.2 Å². The molecular weight excluding hydrogens is 238 g/mol. The molecule has 1 atom stereocenters. The number of carbonyl (C=O) groups is 1. The van der Waals surface area contributed by atoms with Crippen molar-refractivity contribution in [1.82, 2.24) is 15.2 Å². The predicted molar refractivity (Wildman–Crippen MR) is 74.9 cm³/mol. The third-order valence-electron chi connectivity index (χ3n) is 4.27. The van der Waals surface area contributed by atoms with Crippen LogP contribution in [-0.4, -0.2) is 24.1 Å². The van der Waals surface area contributed by atoms with Crippen molar-refractivity contribution < 1.29 is 4.79 Å². The minimum Gasteiger partial charge on any atom is -0.354 e. The van der Waals surface area contributed by atoms with Crippen LogP contribution >= 0.6 is 0 Å². The van der Waals surface area contributed by atoms with Crippen LogP contribution < -0.4 is 10.6 Å². The highest BCUT2D eigenvalue weighted by atomic mass is 16.1. The Morgan fingerprint density at radius 3 is 2.95 bits per heavy atom. The summed E-state index contributed by atoms with van der Waals surface area (Å²) in [6.07, 6.45) is 10.4. The zero-order valence-corrected chi connectivity index (χ0v) is 11.6. The molecule has 1 aromatic rings. The first kappa shape index (κ1) is 12.7. The Hall–Kier alpha value is -1.29. The molecule has 0 aromatic carbocycles. The van der Waals surface area contributed by atoms with Crippen LogP contribution in [0.5, 0.6) is 0 Å². The lowest BCUT2D eigenvalue weighted by Gasteiger charge is -2.21. The molecule has 0 saturated heterocycles. The average Bonchev–Trinajstić information content (AvgIpc) is 3.15. The van der Waals surface area contributed by atoms with Crippen molar-refractivity contribution in [2.24, 2.45) is 5.92 Å². The standard InChI is InChI=1S/C15H23N3O/c1-16-14-4-2-3-12-8-18(9-13(12)14)10-15(19)17-7-11-5-6-11/h8-9,11,14,16H,2-7,10H2,1H3,(H,17,19). The van der Waals surface area contributed by atoms with E-state index in [4.69, 9.17) is 0 Å². The maximum atomic E-state index is 11.9. The Kier molecular flexibility index (Phi) is 3.60. The van der Waals surface area contributed by atoms with E-state index in [9.17, 15) is 4.79 Å². The third-order valence-corrected chi connectivity index (χ3v) is 4.27. The van der Waals surface area contributed by atoms with E-state index in [1.807, 2.05) is 11.6 Å². The first-order valence-corrected chi connectivity index (χ1v) is 7.39. The Labute approximate surface area is 114 Å². The lowest BCUT2D eigenvalue weighted by molar-refractivity contribution is -0.121. The minimum atomic E-state index is 0.139. The molecule has 0 aliphatic heterocycles. The molecule has 2 N–H and O–H groups in total. The Balaban J connectivity index is 1.61. The number of carbonyl (C=O) groups excluding carboxylic acids is 1. The molecule has 0 bridgehead atoms. The topological polar surface area (TPSA) is 46.1 Å². The summed E-state index contributed by atoms with van der Waals surface area (Å²) in [6.45, 7) is 1.31. The van der Waals surface area contributed by atoms with E-state index in [1.54, 1.807) is 0 Å². The normalized spacial score (nSPS) is 22.1. The van der Waals surface area contributed by atoms with Crippen molar-refractivity contribution >= 4 is 5.91 Å². The molecule has 2 aliphatic carbocycles.